The Morgan fingerprint density at radius 3 is 2.83 bits per heavy atom. The SMILES string of the molecule is CCCCC(CN)NC(=O)c1cnc2ccc(C)cn2c1=O.Cl. The van der Waals surface area contributed by atoms with E-state index in [-0.39, 0.29) is 29.6 Å². The standard InChI is InChI=1S/C16H22N4O2.ClH/c1-3-4-5-12(8-17)19-15(21)13-9-18-14-7-6-11(2)10-20(14)16(13)22;/h6-7,9-10,12H,3-5,8,17H2,1-2H3,(H,19,21);1H. The first-order chi connectivity index (χ1) is 10.6. The van der Waals surface area contributed by atoms with Crippen molar-refractivity contribution in [2.45, 2.75) is 39.2 Å². The van der Waals surface area contributed by atoms with Crippen molar-refractivity contribution in [2.75, 3.05) is 6.54 Å². The van der Waals surface area contributed by atoms with Gasteiger partial charge in [-0.05, 0) is 25.0 Å². The van der Waals surface area contributed by atoms with Crippen LogP contribution in [-0.2, 0) is 0 Å². The summed E-state index contributed by atoms with van der Waals surface area (Å²) in [6, 6.07) is 3.50. The molecule has 3 N–H and O–H groups in total. The fourth-order valence-electron chi connectivity index (χ4n) is 2.30. The van der Waals surface area contributed by atoms with Crippen molar-refractivity contribution in [1.29, 1.82) is 0 Å². The van der Waals surface area contributed by atoms with Crippen LogP contribution < -0.4 is 16.6 Å². The third-order valence-corrected chi connectivity index (χ3v) is 3.62. The number of unbranched alkanes of at least 4 members (excludes halogenated alkanes) is 1. The number of rotatable bonds is 6. The van der Waals surface area contributed by atoms with E-state index in [1.165, 1.54) is 10.6 Å². The average Bonchev–Trinajstić information content (AvgIpc) is 2.52. The minimum Gasteiger partial charge on any atom is -0.348 e. The van der Waals surface area contributed by atoms with Crippen LogP contribution in [0.3, 0.4) is 0 Å². The molecule has 2 aromatic heterocycles. The first-order valence-corrected chi connectivity index (χ1v) is 7.55. The summed E-state index contributed by atoms with van der Waals surface area (Å²) < 4.78 is 1.40. The lowest BCUT2D eigenvalue weighted by atomic mass is 10.1. The second-order valence-corrected chi connectivity index (χ2v) is 5.46. The fraction of sp³-hybridized carbons (Fsp3) is 0.438. The van der Waals surface area contributed by atoms with Crippen LogP contribution in [-0.4, -0.2) is 27.9 Å². The molecular formula is C16H23ClN4O2. The van der Waals surface area contributed by atoms with Gasteiger partial charge in [-0.1, -0.05) is 25.8 Å². The predicted molar refractivity (Wildman–Crippen MR) is 93.3 cm³/mol. The van der Waals surface area contributed by atoms with Gasteiger partial charge >= 0.3 is 0 Å². The molecule has 6 nitrogen and oxygen atoms in total. The van der Waals surface area contributed by atoms with Gasteiger partial charge in [0.1, 0.15) is 11.2 Å². The molecular weight excluding hydrogens is 316 g/mol. The Kier molecular flexibility index (Phi) is 7.19. The molecule has 2 rings (SSSR count). The quantitative estimate of drug-likeness (QED) is 0.838. The number of hydrogen-bond donors (Lipinski definition) is 2. The van der Waals surface area contributed by atoms with E-state index in [2.05, 4.69) is 17.2 Å². The number of nitrogens with one attached hydrogen (secondary N) is 1. The Bertz CT molecular complexity index is 730. The van der Waals surface area contributed by atoms with E-state index in [4.69, 9.17) is 5.73 Å². The lowest BCUT2D eigenvalue weighted by Gasteiger charge is -2.16. The minimum atomic E-state index is -0.417. The van der Waals surface area contributed by atoms with Crippen LogP contribution in [0.5, 0.6) is 0 Å². The van der Waals surface area contributed by atoms with E-state index in [9.17, 15) is 9.59 Å². The van der Waals surface area contributed by atoms with Gasteiger partial charge in [0.2, 0.25) is 0 Å². The minimum absolute atomic E-state index is 0. The van der Waals surface area contributed by atoms with E-state index in [1.807, 2.05) is 13.0 Å². The Morgan fingerprint density at radius 2 is 2.17 bits per heavy atom. The highest BCUT2D eigenvalue weighted by molar-refractivity contribution is 5.93. The van der Waals surface area contributed by atoms with Crippen LogP contribution in [0.4, 0.5) is 0 Å². The number of hydrogen-bond acceptors (Lipinski definition) is 4. The average molecular weight is 339 g/mol. The number of nitrogens with zero attached hydrogens (tertiary/aromatic N) is 2. The number of carbonyl (C=O) groups is 1. The zero-order chi connectivity index (χ0) is 16.1. The number of aryl methyl sites for hydroxylation is 1. The molecule has 23 heavy (non-hydrogen) atoms. The molecule has 7 heteroatoms. The van der Waals surface area contributed by atoms with Gasteiger partial charge in [0.05, 0.1) is 0 Å². The molecule has 1 amide bonds. The number of nitrogens with two attached hydrogens (primary N) is 1. The number of pyridine rings is 1. The largest absolute Gasteiger partial charge is 0.348 e. The Morgan fingerprint density at radius 1 is 1.43 bits per heavy atom. The van der Waals surface area contributed by atoms with Crippen molar-refractivity contribution in [1.82, 2.24) is 14.7 Å². The molecule has 0 aliphatic carbocycles. The first kappa shape index (κ1) is 19.1. The number of fused-ring (bicyclic) bond motifs is 1. The number of carbonyl (C=O) groups excluding carboxylic acids is 1. The van der Waals surface area contributed by atoms with Crippen molar-refractivity contribution < 1.29 is 4.79 Å². The van der Waals surface area contributed by atoms with E-state index in [0.29, 0.717) is 12.2 Å². The molecule has 0 saturated carbocycles. The molecule has 0 aromatic carbocycles. The van der Waals surface area contributed by atoms with Gasteiger partial charge in [-0.3, -0.25) is 14.0 Å². The maximum Gasteiger partial charge on any atom is 0.270 e. The second kappa shape index (κ2) is 8.64. The zero-order valence-electron chi connectivity index (χ0n) is 13.4. The molecule has 1 unspecified atom stereocenters. The van der Waals surface area contributed by atoms with Crippen molar-refractivity contribution >= 4 is 24.0 Å². The van der Waals surface area contributed by atoms with Crippen LogP contribution in [0, 0.1) is 6.92 Å². The number of aromatic nitrogens is 2. The molecule has 0 aliphatic rings. The summed E-state index contributed by atoms with van der Waals surface area (Å²) in [6.45, 7) is 4.32. The van der Waals surface area contributed by atoms with E-state index >= 15 is 0 Å². The molecule has 0 bridgehead atoms. The summed E-state index contributed by atoms with van der Waals surface area (Å²) in [5.41, 5.74) is 6.80. The maximum absolute atomic E-state index is 12.4. The van der Waals surface area contributed by atoms with Gasteiger partial charge in [0.25, 0.3) is 11.5 Å². The highest BCUT2D eigenvalue weighted by Gasteiger charge is 2.16. The van der Waals surface area contributed by atoms with E-state index in [0.717, 1.165) is 24.8 Å². The summed E-state index contributed by atoms with van der Waals surface area (Å²) in [7, 11) is 0. The normalized spacial score (nSPS) is 11.8. The van der Waals surface area contributed by atoms with E-state index in [1.54, 1.807) is 12.3 Å². The van der Waals surface area contributed by atoms with Gasteiger partial charge in [-0.25, -0.2) is 4.98 Å². The van der Waals surface area contributed by atoms with Gasteiger partial charge < -0.3 is 11.1 Å². The predicted octanol–water partition coefficient (Wildman–Crippen LogP) is 1.67. The smallest absolute Gasteiger partial charge is 0.270 e. The maximum atomic E-state index is 12.4. The summed E-state index contributed by atoms with van der Waals surface area (Å²) >= 11 is 0. The van der Waals surface area contributed by atoms with E-state index < -0.39 is 5.91 Å². The molecule has 0 fully saturated rings. The summed E-state index contributed by atoms with van der Waals surface area (Å²) in [5, 5.41) is 2.82. The topological polar surface area (TPSA) is 89.5 Å². The van der Waals surface area contributed by atoms with Crippen molar-refractivity contribution in [3.63, 3.8) is 0 Å². The van der Waals surface area contributed by atoms with Gasteiger partial charge in [0, 0.05) is 25.0 Å². The zero-order valence-corrected chi connectivity index (χ0v) is 14.2. The monoisotopic (exact) mass is 338 g/mol. The van der Waals surface area contributed by atoms with Gasteiger partial charge in [-0.15, -0.1) is 12.4 Å². The van der Waals surface area contributed by atoms with Crippen LogP contribution in [0.15, 0.2) is 29.3 Å². The summed E-state index contributed by atoms with van der Waals surface area (Å²) in [6.07, 6.45) is 5.83. The van der Waals surface area contributed by atoms with Crippen LogP contribution in [0.2, 0.25) is 0 Å². The molecule has 0 radical (unpaired) electrons. The molecule has 0 saturated heterocycles. The summed E-state index contributed by atoms with van der Waals surface area (Å²) in [4.78, 5) is 28.9. The Hall–Kier alpha value is -1.92. The lowest BCUT2D eigenvalue weighted by molar-refractivity contribution is 0.0933. The Labute approximate surface area is 141 Å². The van der Waals surface area contributed by atoms with Crippen molar-refractivity contribution in [2.24, 2.45) is 5.73 Å². The second-order valence-electron chi connectivity index (χ2n) is 5.46. The van der Waals surface area contributed by atoms with Crippen molar-refractivity contribution in [3.8, 4) is 0 Å². The van der Waals surface area contributed by atoms with Crippen molar-refractivity contribution in [3.05, 3.63) is 46.0 Å². The Balaban J connectivity index is 0.00000264. The first-order valence-electron chi connectivity index (χ1n) is 7.55. The number of halogens is 1. The van der Waals surface area contributed by atoms with Crippen LogP contribution in [0.25, 0.3) is 5.65 Å². The molecule has 2 heterocycles. The number of amides is 1. The third-order valence-electron chi connectivity index (χ3n) is 3.62. The summed E-state index contributed by atoms with van der Waals surface area (Å²) in [5.74, 6) is -0.417. The molecule has 0 spiro atoms. The third kappa shape index (κ3) is 4.53. The highest BCUT2D eigenvalue weighted by Crippen LogP contribution is 2.03. The van der Waals surface area contributed by atoms with Gasteiger partial charge in [0.15, 0.2) is 0 Å². The van der Waals surface area contributed by atoms with Crippen LogP contribution >= 0.6 is 12.4 Å². The molecule has 0 aliphatic heterocycles. The van der Waals surface area contributed by atoms with Gasteiger partial charge in [-0.2, -0.15) is 0 Å². The fourth-order valence-corrected chi connectivity index (χ4v) is 2.30. The molecule has 1 atom stereocenters. The van der Waals surface area contributed by atoms with Crippen LogP contribution in [0.1, 0.15) is 42.1 Å². The molecule has 126 valence electrons. The molecule has 2 aromatic rings. The lowest BCUT2D eigenvalue weighted by Crippen LogP contribution is -2.42. The highest BCUT2D eigenvalue weighted by atomic mass is 35.5.